The van der Waals surface area contributed by atoms with Crippen LogP contribution in [0.1, 0.15) is 11.1 Å². The van der Waals surface area contributed by atoms with Gasteiger partial charge in [0.1, 0.15) is 23.1 Å². The minimum atomic E-state index is -0.797. The van der Waals surface area contributed by atoms with Crippen molar-refractivity contribution < 1.29 is 14.3 Å². The molecule has 0 radical (unpaired) electrons. The number of carbonyl (C=O) groups excluding carboxylic acids is 1. The zero-order valence-electron chi connectivity index (χ0n) is 14.6. The summed E-state index contributed by atoms with van der Waals surface area (Å²) in [6.45, 7) is 4.03. The maximum Gasteiger partial charge on any atom is 0.348 e. The van der Waals surface area contributed by atoms with E-state index in [4.69, 9.17) is 4.74 Å². The molecule has 0 bridgehead atoms. The highest BCUT2D eigenvalue weighted by Gasteiger charge is 2.21. The second-order valence-corrected chi connectivity index (χ2v) is 5.80. The Kier molecular flexibility index (Phi) is 5.00. The number of ether oxygens (including phenoxy) is 2. The van der Waals surface area contributed by atoms with E-state index in [9.17, 15) is 14.9 Å². The van der Waals surface area contributed by atoms with Crippen LogP contribution >= 0.6 is 0 Å². The Labute approximate surface area is 149 Å². The summed E-state index contributed by atoms with van der Waals surface area (Å²) in [6.07, 6.45) is 2.86. The first kappa shape index (κ1) is 17.6. The molecule has 0 amide bonds. The number of nitriles is 1. The summed E-state index contributed by atoms with van der Waals surface area (Å²) >= 11 is 0. The first-order valence-corrected chi connectivity index (χ1v) is 8.11. The van der Waals surface area contributed by atoms with Crippen LogP contribution in [0, 0.1) is 18.3 Å². The van der Waals surface area contributed by atoms with Gasteiger partial charge in [0.05, 0.1) is 25.9 Å². The van der Waals surface area contributed by atoms with Crippen LogP contribution in [0.2, 0.25) is 0 Å². The van der Waals surface area contributed by atoms with Gasteiger partial charge >= 0.3 is 5.97 Å². The Hall–Kier alpha value is -3.18. The zero-order valence-corrected chi connectivity index (χ0v) is 14.6. The van der Waals surface area contributed by atoms with Crippen molar-refractivity contribution >= 4 is 23.5 Å². The molecule has 2 aromatic rings. The Bertz CT molecular complexity index is 981. The molecule has 3 rings (SSSR count). The lowest BCUT2D eigenvalue weighted by Gasteiger charge is -2.29. The van der Waals surface area contributed by atoms with Crippen LogP contribution < -0.4 is 10.5 Å². The Morgan fingerprint density at radius 1 is 1.42 bits per heavy atom. The Balaban J connectivity index is 2.30. The van der Waals surface area contributed by atoms with Crippen LogP contribution in [0.5, 0.6) is 0 Å². The van der Waals surface area contributed by atoms with Crippen molar-refractivity contribution in [1.29, 1.82) is 5.26 Å². The molecule has 26 heavy (non-hydrogen) atoms. The summed E-state index contributed by atoms with van der Waals surface area (Å²) < 4.78 is 11.4. The number of nitrogens with zero attached hydrogens (tertiary/aromatic N) is 4. The third kappa shape index (κ3) is 3.17. The fraction of sp³-hybridized carbons (Fsp3) is 0.333. The molecule has 1 saturated heterocycles. The van der Waals surface area contributed by atoms with E-state index in [1.165, 1.54) is 17.6 Å². The van der Waals surface area contributed by atoms with Crippen molar-refractivity contribution in [2.24, 2.45) is 0 Å². The van der Waals surface area contributed by atoms with Gasteiger partial charge in [0.2, 0.25) is 0 Å². The number of carbonyl (C=O) groups is 1. The molecule has 1 aliphatic rings. The maximum atomic E-state index is 13.1. The van der Waals surface area contributed by atoms with Crippen LogP contribution in [0.15, 0.2) is 28.7 Å². The molecule has 1 aliphatic heterocycles. The Morgan fingerprint density at radius 3 is 2.81 bits per heavy atom. The predicted octanol–water partition coefficient (Wildman–Crippen LogP) is 0.920. The smallest absolute Gasteiger partial charge is 0.348 e. The largest absolute Gasteiger partial charge is 0.465 e. The minimum absolute atomic E-state index is 0.178. The number of anilines is 1. The van der Waals surface area contributed by atoms with Crippen molar-refractivity contribution in [3.05, 3.63) is 45.4 Å². The van der Waals surface area contributed by atoms with Gasteiger partial charge in [-0.05, 0) is 24.6 Å². The van der Waals surface area contributed by atoms with Gasteiger partial charge in [-0.25, -0.2) is 9.78 Å². The molecule has 8 heteroatoms. The normalized spacial score (nSPS) is 15.0. The van der Waals surface area contributed by atoms with E-state index in [-0.39, 0.29) is 16.7 Å². The standard InChI is InChI=1S/C18H18N4O4/c1-12-4-3-5-22-15(12)20-16(21-6-8-26-9-7-21)14(17(22)23)10-13(11-19)18(24)25-2/h3-5,10H,6-9H2,1-2H3/b13-10+. The van der Waals surface area contributed by atoms with Crippen LogP contribution in [0.4, 0.5) is 5.82 Å². The van der Waals surface area contributed by atoms with Crippen molar-refractivity contribution in [3.63, 3.8) is 0 Å². The van der Waals surface area contributed by atoms with Gasteiger partial charge in [0, 0.05) is 19.3 Å². The van der Waals surface area contributed by atoms with Crippen LogP contribution in [0.3, 0.4) is 0 Å². The van der Waals surface area contributed by atoms with Gasteiger partial charge in [0.15, 0.2) is 0 Å². The fourth-order valence-corrected chi connectivity index (χ4v) is 2.83. The first-order valence-electron chi connectivity index (χ1n) is 8.11. The quantitative estimate of drug-likeness (QED) is 0.459. The summed E-state index contributed by atoms with van der Waals surface area (Å²) in [6, 6.07) is 5.40. The number of fused-ring (bicyclic) bond motifs is 1. The lowest BCUT2D eigenvalue weighted by molar-refractivity contribution is -0.135. The molecular weight excluding hydrogens is 336 g/mol. The third-order valence-electron chi connectivity index (χ3n) is 4.19. The number of morpholine rings is 1. The van der Waals surface area contributed by atoms with E-state index in [2.05, 4.69) is 9.72 Å². The van der Waals surface area contributed by atoms with Crippen molar-refractivity contribution in [3.8, 4) is 6.07 Å². The number of esters is 1. The van der Waals surface area contributed by atoms with Gasteiger partial charge in [0.25, 0.3) is 5.56 Å². The highest BCUT2D eigenvalue weighted by Crippen LogP contribution is 2.21. The van der Waals surface area contributed by atoms with E-state index in [1.807, 2.05) is 17.9 Å². The molecule has 1 fully saturated rings. The van der Waals surface area contributed by atoms with E-state index in [0.29, 0.717) is 37.8 Å². The monoisotopic (exact) mass is 354 g/mol. The van der Waals surface area contributed by atoms with Crippen molar-refractivity contribution in [2.75, 3.05) is 38.3 Å². The number of aryl methyl sites for hydroxylation is 1. The SMILES string of the molecule is COC(=O)/C(C#N)=C/c1c(N2CCOCC2)nc2c(C)cccn2c1=O. The van der Waals surface area contributed by atoms with E-state index in [0.717, 1.165) is 5.56 Å². The number of rotatable bonds is 3. The van der Waals surface area contributed by atoms with E-state index >= 15 is 0 Å². The van der Waals surface area contributed by atoms with Crippen molar-refractivity contribution in [2.45, 2.75) is 6.92 Å². The number of hydrogen-bond donors (Lipinski definition) is 0. The van der Waals surface area contributed by atoms with Crippen LogP contribution in [-0.2, 0) is 14.3 Å². The van der Waals surface area contributed by atoms with Gasteiger partial charge in [-0.15, -0.1) is 0 Å². The fourth-order valence-electron chi connectivity index (χ4n) is 2.83. The minimum Gasteiger partial charge on any atom is -0.465 e. The van der Waals surface area contributed by atoms with Crippen molar-refractivity contribution in [1.82, 2.24) is 9.38 Å². The summed E-state index contributed by atoms with van der Waals surface area (Å²) in [7, 11) is 1.19. The molecule has 134 valence electrons. The number of methoxy groups -OCH3 is 1. The number of hydrogen-bond acceptors (Lipinski definition) is 7. The van der Waals surface area contributed by atoms with Gasteiger partial charge in [-0.1, -0.05) is 6.07 Å². The van der Waals surface area contributed by atoms with Gasteiger partial charge < -0.3 is 14.4 Å². The molecule has 0 unspecified atom stereocenters. The summed E-state index contributed by atoms with van der Waals surface area (Å²) in [5.74, 6) is -0.363. The average Bonchev–Trinajstić information content (AvgIpc) is 2.68. The average molecular weight is 354 g/mol. The molecule has 2 aromatic heterocycles. The molecule has 0 aliphatic carbocycles. The first-order chi connectivity index (χ1) is 12.6. The van der Waals surface area contributed by atoms with E-state index < -0.39 is 5.97 Å². The molecule has 8 nitrogen and oxygen atoms in total. The van der Waals surface area contributed by atoms with E-state index in [1.54, 1.807) is 18.3 Å². The molecular formula is C18H18N4O4. The second kappa shape index (κ2) is 7.37. The number of pyridine rings is 1. The lowest BCUT2D eigenvalue weighted by Crippen LogP contribution is -2.38. The Morgan fingerprint density at radius 2 is 2.15 bits per heavy atom. The second-order valence-electron chi connectivity index (χ2n) is 5.80. The molecule has 0 N–H and O–H groups in total. The molecule has 0 spiro atoms. The lowest BCUT2D eigenvalue weighted by atomic mass is 10.1. The number of aromatic nitrogens is 2. The molecule has 0 saturated carbocycles. The zero-order chi connectivity index (χ0) is 18.7. The highest BCUT2D eigenvalue weighted by molar-refractivity contribution is 5.98. The third-order valence-corrected chi connectivity index (χ3v) is 4.19. The van der Waals surface area contributed by atoms with Crippen LogP contribution in [0.25, 0.3) is 11.7 Å². The summed E-state index contributed by atoms with van der Waals surface area (Å²) in [4.78, 5) is 31.4. The topological polar surface area (TPSA) is 96.9 Å². The van der Waals surface area contributed by atoms with Gasteiger partial charge in [-0.3, -0.25) is 9.20 Å². The maximum absolute atomic E-state index is 13.1. The highest BCUT2D eigenvalue weighted by atomic mass is 16.5. The molecule has 3 heterocycles. The molecule has 0 atom stereocenters. The summed E-state index contributed by atoms with van der Waals surface area (Å²) in [5, 5.41) is 9.26. The summed E-state index contributed by atoms with van der Waals surface area (Å²) in [5.41, 5.74) is 0.957. The van der Waals surface area contributed by atoms with Gasteiger partial charge in [-0.2, -0.15) is 5.26 Å². The molecule has 0 aromatic carbocycles. The van der Waals surface area contributed by atoms with Crippen LogP contribution in [-0.4, -0.2) is 48.8 Å². The predicted molar refractivity (Wildman–Crippen MR) is 94.8 cm³/mol.